The number of esters is 1. The summed E-state index contributed by atoms with van der Waals surface area (Å²) in [4.78, 5) is 48.4. The van der Waals surface area contributed by atoms with Gasteiger partial charge in [-0.1, -0.05) is 0 Å². The number of nitrogens with one attached hydrogen (secondary N) is 3. The molecule has 4 rings (SSSR count). The third kappa shape index (κ3) is 5.52. The number of aromatic amines is 1. The number of carbonyl (C=O) groups excluding carboxylic acids is 3. The Morgan fingerprint density at radius 1 is 1.00 bits per heavy atom. The summed E-state index contributed by atoms with van der Waals surface area (Å²) in [6.45, 7) is 5.26. The van der Waals surface area contributed by atoms with E-state index in [-0.39, 0.29) is 11.6 Å². The summed E-state index contributed by atoms with van der Waals surface area (Å²) < 4.78 is 11.5. The van der Waals surface area contributed by atoms with Gasteiger partial charge in [-0.25, -0.2) is 19.6 Å². The van der Waals surface area contributed by atoms with Crippen molar-refractivity contribution in [2.45, 2.75) is 26.4 Å². The summed E-state index contributed by atoms with van der Waals surface area (Å²) in [6, 6.07) is 12.2. The Hall–Kier alpha value is -4.67. The molecular formula is C25H26N6O5. The summed E-state index contributed by atoms with van der Waals surface area (Å²) in [5.41, 5.74) is 2.54. The number of methoxy groups -OCH3 is 1. The molecule has 2 amide bonds. The Morgan fingerprint density at radius 2 is 1.72 bits per heavy atom. The number of hydrogen-bond donors (Lipinski definition) is 3. The van der Waals surface area contributed by atoms with Gasteiger partial charge in [0.1, 0.15) is 11.4 Å². The zero-order valence-corrected chi connectivity index (χ0v) is 20.5. The van der Waals surface area contributed by atoms with Crippen molar-refractivity contribution in [3.63, 3.8) is 0 Å². The summed E-state index contributed by atoms with van der Waals surface area (Å²) in [7, 11) is 2.98. The number of amides is 2. The molecule has 0 aliphatic heterocycles. The van der Waals surface area contributed by atoms with Crippen LogP contribution < -0.4 is 10.6 Å². The Morgan fingerprint density at radius 3 is 2.39 bits per heavy atom. The molecule has 4 aromatic rings. The summed E-state index contributed by atoms with van der Waals surface area (Å²) >= 11 is 0. The number of aromatic nitrogens is 4. The number of ether oxygens (including phenoxy) is 2. The smallest absolute Gasteiger partial charge is 0.413 e. The fourth-order valence-corrected chi connectivity index (χ4v) is 3.44. The van der Waals surface area contributed by atoms with Gasteiger partial charge < -0.3 is 24.3 Å². The largest absolute Gasteiger partial charge is 0.465 e. The SMILES string of the molecule is COC(=O)c1ccc2nc(-c3ccc(NC(=O)c4nc(NC(=O)OC(C)(C)C)cn4C)cc3)[nH]c2c1. The lowest BCUT2D eigenvalue weighted by molar-refractivity contribution is 0.0598. The summed E-state index contributed by atoms with van der Waals surface area (Å²) in [5, 5.41) is 5.31. The van der Waals surface area contributed by atoms with E-state index in [4.69, 9.17) is 9.47 Å². The fourth-order valence-electron chi connectivity index (χ4n) is 3.44. The lowest BCUT2D eigenvalue weighted by atomic mass is 10.2. The van der Waals surface area contributed by atoms with E-state index in [0.717, 1.165) is 5.56 Å². The van der Waals surface area contributed by atoms with Crippen LogP contribution in [0.25, 0.3) is 22.4 Å². The molecule has 0 aliphatic rings. The van der Waals surface area contributed by atoms with Gasteiger partial charge in [-0.2, -0.15) is 0 Å². The van der Waals surface area contributed by atoms with Gasteiger partial charge in [0, 0.05) is 24.5 Å². The Bertz CT molecular complexity index is 1450. The summed E-state index contributed by atoms with van der Waals surface area (Å²) in [6.07, 6.45) is 0.866. The summed E-state index contributed by atoms with van der Waals surface area (Å²) in [5.74, 6) is 0.0679. The minimum Gasteiger partial charge on any atom is -0.465 e. The van der Waals surface area contributed by atoms with Crippen LogP contribution in [0.1, 0.15) is 41.7 Å². The number of fused-ring (bicyclic) bond motifs is 1. The van der Waals surface area contributed by atoms with Gasteiger partial charge in [-0.05, 0) is 63.2 Å². The highest BCUT2D eigenvalue weighted by Gasteiger charge is 2.19. The van der Waals surface area contributed by atoms with Crippen molar-refractivity contribution >= 4 is 40.5 Å². The molecule has 2 heterocycles. The van der Waals surface area contributed by atoms with E-state index in [2.05, 4.69) is 25.6 Å². The van der Waals surface area contributed by atoms with Crippen LogP contribution in [0.5, 0.6) is 0 Å². The molecule has 0 bridgehead atoms. The monoisotopic (exact) mass is 490 g/mol. The van der Waals surface area contributed by atoms with Crippen molar-refractivity contribution in [1.29, 1.82) is 0 Å². The van der Waals surface area contributed by atoms with Crippen molar-refractivity contribution in [3.8, 4) is 11.4 Å². The van der Waals surface area contributed by atoms with E-state index in [1.807, 2.05) is 12.1 Å². The predicted molar refractivity (Wildman–Crippen MR) is 134 cm³/mol. The normalized spacial score (nSPS) is 11.2. The van der Waals surface area contributed by atoms with Crippen LogP contribution in [0, 0.1) is 0 Å². The first-order valence-corrected chi connectivity index (χ1v) is 11.1. The second-order valence-electron chi connectivity index (χ2n) is 9.03. The molecule has 0 atom stereocenters. The average molecular weight is 491 g/mol. The lowest BCUT2D eigenvalue weighted by Crippen LogP contribution is -2.27. The molecule has 3 N–H and O–H groups in total. The maximum absolute atomic E-state index is 12.8. The van der Waals surface area contributed by atoms with Gasteiger partial charge in [0.2, 0.25) is 5.82 Å². The highest BCUT2D eigenvalue weighted by molar-refractivity contribution is 6.02. The first-order valence-electron chi connectivity index (χ1n) is 11.1. The Labute approximate surface area is 206 Å². The van der Waals surface area contributed by atoms with E-state index < -0.39 is 23.6 Å². The number of aryl methyl sites for hydroxylation is 1. The van der Waals surface area contributed by atoms with Crippen LogP contribution in [-0.2, 0) is 16.5 Å². The van der Waals surface area contributed by atoms with Gasteiger partial charge in [0.05, 0.1) is 23.7 Å². The van der Waals surface area contributed by atoms with E-state index in [1.54, 1.807) is 58.2 Å². The maximum atomic E-state index is 12.8. The van der Waals surface area contributed by atoms with Crippen LogP contribution in [0.15, 0.2) is 48.7 Å². The number of benzene rings is 2. The van der Waals surface area contributed by atoms with Crippen molar-refractivity contribution < 1.29 is 23.9 Å². The zero-order chi connectivity index (χ0) is 26.0. The number of nitrogens with zero attached hydrogens (tertiary/aromatic N) is 3. The molecule has 11 nitrogen and oxygen atoms in total. The molecule has 0 saturated carbocycles. The number of rotatable bonds is 5. The lowest BCUT2D eigenvalue weighted by Gasteiger charge is -2.18. The number of H-pyrrole nitrogens is 1. The minimum atomic E-state index is -0.657. The number of hydrogen-bond acceptors (Lipinski definition) is 7. The van der Waals surface area contributed by atoms with Crippen molar-refractivity contribution in [2.75, 3.05) is 17.7 Å². The van der Waals surface area contributed by atoms with E-state index in [9.17, 15) is 14.4 Å². The van der Waals surface area contributed by atoms with Crippen LogP contribution in [0.3, 0.4) is 0 Å². The molecule has 0 spiro atoms. The van der Waals surface area contributed by atoms with Crippen molar-refractivity contribution in [1.82, 2.24) is 19.5 Å². The molecule has 36 heavy (non-hydrogen) atoms. The molecule has 2 aromatic carbocycles. The molecule has 0 aliphatic carbocycles. The molecule has 186 valence electrons. The third-order valence-corrected chi connectivity index (χ3v) is 5.03. The number of imidazole rings is 2. The predicted octanol–water partition coefficient (Wildman–Crippen LogP) is 4.35. The molecule has 11 heteroatoms. The van der Waals surface area contributed by atoms with E-state index >= 15 is 0 Å². The zero-order valence-electron chi connectivity index (χ0n) is 20.5. The number of anilines is 2. The van der Waals surface area contributed by atoms with Crippen LogP contribution in [0.2, 0.25) is 0 Å². The molecule has 0 fully saturated rings. The first-order chi connectivity index (χ1) is 17.0. The van der Waals surface area contributed by atoms with Gasteiger partial charge in [-0.3, -0.25) is 10.1 Å². The van der Waals surface area contributed by atoms with Crippen molar-refractivity contribution in [2.24, 2.45) is 7.05 Å². The van der Waals surface area contributed by atoms with Gasteiger partial charge >= 0.3 is 12.1 Å². The van der Waals surface area contributed by atoms with Gasteiger partial charge in [-0.15, -0.1) is 0 Å². The highest BCUT2D eigenvalue weighted by atomic mass is 16.6. The minimum absolute atomic E-state index is 0.115. The Kier molecular flexibility index (Phi) is 6.47. The quantitative estimate of drug-likeness (QED) is 0.353. The second-order valence-corrected chi connectivity index (χ2v) is 9.03. The van der Waals surface area contributed by atoms with E-state index in [1.165, 1.54) is 17.9 Å². The maximum Gasteiger partial charge on any atom is 0.413 e. The number of carbonyl (C=O) groups is 3. The topological polar surface area (TPSA) is 140 Å². The van der Waals surface area contributed by atoms with Crippen LogP contribution >= 0.6 is 0 Å². The molecule has 2 aromatic heterocycles. The Balaban J connectivity index is 1.45. The average Bonchev–Trinajstić information content (AvgIpc) is 3.40. The highest BCUT2D eigenvalue weighted by Crippen LogP contribution is 2.23. The van der Waals surface area contributed by atoms with Crippen LogP contribution in [0.4, 0.5) is 16.3 Å². The third-order valence-electron chi connectivity index (χ3n) is 5.03. The van der Waals surface area contributed by atoms with Gasteiger partial charge in [0.15, 0.2) is 5.82 Å². The standard InChI is InChI=1S/C25H26N6O5/c1-25(2,3)36-24(34)30-19-13-31(4)21(29-19)22(32)26-16-9-6-14(7-10-16)20-27-17-11-8-15(23(33)35-5)12-18(17)28-20/h6-13H,1-5H3,(H,26,32)(H,27,28)(H,30,34). The second kappa shape index (κ2) is 9.53. The van der Waals surface area contributed by atoms with Crippen molar-refractivity contribution in [3.05, 3.63) is 60.0 Å². The fraction of sp³-hybridized carbons (Fsp3) is 0.240. The molecule has 0 radical (unpaired) electrons. The molecule has 0 saturated heterocycles. The van der Waals surface area contributed by atoms with E-state index in [0.29, 0.717) is 28.1 Å². The first kappa shape index (κ1) is 24.5. The molecule has 0 unspecified atom stereocenters. The molecular weight excluding hydrogens is 464 g/mol. The van der Waals surface area contributed by atoms with Crippen LogP contribution in [-0.4, -0.2) is 50.2 Å². The van der Waals surface area contributed by atoms with Gasteiger partial charge in [0.25, 0.3) is 5.91 Å².